The molecule has 70 valence electrons. The van der Waals surface area contributed by atoms with E-state index >= 15 is 0 Å². The van der Waals surface area contributed by atoms with Gasteiger partial charge in [0.15, 0.2) is 0 Å². The molecule has 4 heteroatoms. The molecule has 1 heterocycles. The summed E-state index contributed by atoms with van der Waals surface area (Å²) >= 11 is 0. The molecule has 1 aromatic heterocycles. The number of aromatic nitrogens is 1. The van der Waals surface area contributed by atoms with Crippen molar-refractivity contribution in [2.75, 3.05) is 7.11 Å². The van der Waals surface area contributed by atoms with Crippen LogP contribution < -0.4 is 15.8 Å². The van der Waals surface area contributed by atoms with E-state index < -0.39 is 0 Å². The van der Waals surface area contributed by atoms with Gasteiger partial charge in [-0.25, -0.2) is 0 Å². The number of pyridine rings is 1. The summed E-state index contributed by atoms with van der Waals surface area (Å²) in [5, 5.41) is 1.02. The van der Waals surface area contributed by atoms with Crippen LogP contribution in [0.5, 0.6) is 5.75 Å². The fraction of sp³-hybridized carbons (Fsp3) is 0.100. The van der Waals surface area contributed by atoms with Gasteiger partial charge in [0.2, 0.25) is 5.56 Å². The van der Waals surface area contributed by atoms with Crippen LogP contribution in [0.4, 0.5) is 0 Å². The van der Waals surface area contributed by atoms with Crippen molar-refractivity contribution >= 4 is 24.2 Å². The second-order valence-corrected chi connectivity index (χ2v) is 3.23. The molecular formula is C10H10BNO2. The van der Waals surface area contributed by atoms with Gasteiger partial charge in [-0.1, -0.05) is 6.07 Å². The Kier molecular flexibility index (Phi) is 2.04. The van der Waals surface area contributed by atoms with Gasteiger partial charge in [-0.05, 0) is 23.0 Å². The summed E-state index contributed by atoms with van der Waals surface area (Å²) in [5.74, 6) is 0.747. The van der Waals surface area contributed by atoms with Crippen molar-refractivity contribution in [3.05, 3.63) is 34.6 Å². The van der Waals surface area contributed by atoms with Crippen molar-refractivity contribution in [3.8, 4) is 5.75 Å². The summed E-state index contributed by atoms with van der Waals surface area (Å²) in [6.45, 7) is 0. The highest BCUT2D eigenvalue weighted by Crippen LogP contribution is 2.16. The van der Waals surface area contributed by atoms with E-state index in [0.717, 1.165) is 22.1 Å². The molecule has 14 heavy (non-hydrogen) atoms. The number of aromatic amines is 1. The third-order valence-corrected chi connectivity index (χ3v) is 2.24. The largest absolute Gasteiger partial charge is 0.497 e. The maximum Gasteiger partial charge on any atom is 0.241 e. The molecule has 0 atom stereocenters. The first-order chi connectivity index (χ1) is 6.70. The quantitative estimate of drug-likeness (QED) is 0.628. The Morgan fingerprint density at radius 1 is 1.36 bits per heavy atom. The number of rotatable bonds is 1. The van der Waals surface area contributed by atoms with Crippen LogP contribution in [-0.2, 0) is 0 Å². The summed E-state index contributed by atoms with van der Waals surface area (Å²) in [5.41, 5.74) is 1.48. The molecule has 0 saturated heterocycles. The first-order valence-electron chi connectivity index (χ1n) is 4.38. The van der Waals surface area contributed by atoms with Crippen LogP contribution in [0, 0.1) is 0 Å². The molecular weight excluding hydrogens is 177 g/mol. The molecule has 0 radical (unpaired) electrons. The Morgan fingerprint density at radius 2 is 2.14 bits per heavy atom. The zero-order valence-corrected chi connectivity index (χ0v) is 8.13. The second-order valence-electron chi connectivity index (χ2n) is 3.23. The van der Waals surface area contributed by atoms with E-state index in [0.29, 0.717) is 0 Å². The molecule has 0 amide bonds. The van der Waals surface area contributed by atoms with E-state index in [4.69, 9.17) is 4.74 Å². The van der Waals surface area contributed by atoms with Gasteiger partial charge in [0.25, 0.3) is 0 Å². The minimum atomic E-state index is -0.0502. The van der Waals surface area contributed by atoms with Crippen LogP contribution in [0.15, 0.2) is 29.1 Å². The normalized spacial score (nSPS) is 10.4. The van der Waals surface area contributed by atoms with E-state index in [1.807, 2.05) is 24.3 Å². The summed E-state index contributed by atoms with van der Waals surface area (Å²) in [7, 11) is 3.40. The third kappa shape index (κ3) is 1.39. The van der Waals surface area contributed by atoms with E-state index in [1.165, 1.54) is 0 Å². The van der Waals surface area contributed by atoms with Gasteiger partial charge in [-0.2, -0.15) is 0 Å². The highest BCUT2D eigenvalue weighted by atomic mass is 16.5. The molecule has 0 fully saturated rings. The van der Waals surface area contributed by atoms with Crippen LogP contribution in [0.25, 0.3) is 10.9 Å². The van der Waals surface area contributed by atoms with Gasteiger partial charge in [-0.3, -0.25) is 4.79 Å². The first kappa shape index (κ1) is 8.87. The number of hydrogen-bond donors (Lipinski definition) is 1. The van der Waals surface area contributed by atoms with Crippen molar-refractivity contribution in [2.24, 2.45) is 0 Å². The van der Waals surface area contributed by atoms with E-state index in [2.05, 4.69) is 4.98 Å². The monoisotopic (exact) mass is 187 g/mol. The molecule has 3 nitrogen and oxygen atoms in total. The lowest BCUT2D eigenvalue weighted by molar-refractivity contribution is 0.415. The highest BCUT2D eigenvalue weighted by Gasteiger charge is 1.99. The molecule has 2 rings (SSSR count). The van der Waals surface area contributed by atoms with Crippen LogP contribution >= 0.6 is 0 Å². The van der Waals surface area contributed by atoms with Crippen molar-refractivity contribution in [2.45, 2.75) is 0 Å². The number of ether oxygens (including phenoxy) is 1. The number of H-pyrrole nitrogens is 1. The lowest BCUT2D eigenvalue weighted by Crippen LogP contribution is -2.26. The molecule has 0 spiro atoms. The van der Waals surface area contributed by atoms with E-state index in [-0.39, 0.29) is 5.56 Å². The zero-order valence-electron chi connectivity index (χ0n) is 8.13. The van der Waals surface area contributed by atoms with Gasteiger partial charge in [0.05, 0.1) is 12.6 Å². The predicted octanol–water partition coefficient (Wildman–Crippen LogP) is -0.205. The standard InChI is InChI=1S/C10H10BNO2/c1-14-7-3-2-6-4-8(11)10(13)12-9(6)5-7/h2-5H,11H2,1H3,(H,12,13). The Bertz CT molecular complexity index is 533. The molecule has 0 aliphatic rings. The Hall–Kier alpha value is -1.71. The lowest BCUT2D eigenvalue weighted by atomic mass is 9.96. The topological polar surface area (TPSA) is 42.1 Å². The SMILES string of the molecule is Bc1cc2ccc(OC)cc2[nH]c1=O. The van der Waals surface area contributed by atoms with Crippen molar-refractivity contribution in [1.82, 2.24) is 4.98 Å². The first-order valence-corrected chi connectivity index (χ1v) is 4.38. The second kappa shape index (κ2) is 3.22. The van der Waals surface area contributed by atoms with Crippen molar-refractivity contribution in [3.63, 3.8) is 0 Å². The molecule has 0 bridgehead atoms. The van der Waals surface area contributed by atoms with Gasteiger partial charge in [0.1, 0.15) is 13.6 Å². The van der Waals surface area contributed by atoms with E-state index in [9.17, 15) is 4.79 Å². The van der Waals surface area contributed by atoms with Gasteiger partial charge in [0, 0.05) is 6.07 Å². The minimum absolute atomic E-state index is 0.0502. The molecule has 2 aromatic rings. The fourth-order valence-electron chi connectivity index (χ4n) is 1.42. The van der Waals surface area contributed by atoms with Crippen LogP contribution in [0.3, 0.4) is 0 Å². The molecule has 1 N–H and O–H groups in total. The summed E-state index contributed by atoms with van der Waals surface area (Å²) in [6.07, 6.45) is 0. The number of fused-ring (bicyclic) bond motifs is 1. The average molecular weight is 187 g/mol. The van der Waals surface area contributed by atoms with Gasteiger partial charge >= 0.3 is 0 Å². The maximum atomic E-state index is 11.3. The van der Waals surface area contributed by atoms with Gasteiger partial charge in [-0.15, -0.1) is 0 Å². The molecule has 0 aliphatic heterocycles. The van der Waals surface area contributed by atoms with Crippen molar-refractivity contribution < 1.29 is 4.74 Å². The summed E-state index contributed by atoms with van der Waals surface area (Å²) < 4.78 is 5.07. The Morgan fingerprint density at radius 3 is 2.86 bits per heavy atom. The molecule has 1 aromatic carbocycles. The van der Waals surface area contributed by atoms with Gasteiger partial charge < -0.3 is 9.72 Å². The lowest BCUT2D eigenvalue weighted by Gasteiger charge is -2.02. The number of benzene rings is 1. The fourth-order valence-corrected chi connectivity index (χ4v) is 1.42. The van der Waals surface area contributed by atoms with Crippen LogP contribution in [-0.4, -0.2) is 19.9 Å². The predicted molar refractivity (Wildman–Crippen MR) is 59.3 cm³/mol. The zero-order chi connectivity index (χ0) is 10.1. The number of nitrogens with one attached hydrogen (secondary N) is 1. The van der Waals surface area contributed by atoms with Crippen LogP contribution in [0.2, 0.25) is 0 Å². The van der Waals surface area contributed by atoms with Crippen LogP contribution in [0.1, 0.15) is 0 Å². The smallest absolute Gasteiger partial charge is 0.241 e. The molecule has 0 aliphatic carbocycles. The third-order valence-electron chi connectivity index (χ3n) is 2.24. The van der Waals surface area contributed by atoms with E-state index in [1.54, 1.807) is 15.0 Å². The average Bonchev–Trinajstić information content (AvgIpc) is 2.19. The molecule has 0 unspecified atom stereocenters. The molecule has 0 saturated carbocycles. The summed E-state index contributed by atoms with van der Waals surface area (Å²) in [6, 6.07) is 7.49. The Balaban J connectivity index is 2.77. The Labute approximate surface area is 82.1 Å². The number of hydrogen-bond acceptors (Lipinski definition) is 2. The van der Waals surface area contributed by atoms with Crippen molar-refractivity contribution in [1.29, 1.82) is 0 Å². The summed E-state index contributed by atoms with van der Waals surface area (Å²) in [4.78, 5) is 14.1. The highest BCUT2D eigenvalue weighted by molar-refractivity contribution is 6.32. The maximum absolute atomic E-state index is 11.3. The minimum Gasteiger partial charge on any atom is -0.497 e. The number of methoxy groups -OCH3 is 1.